The molecule has 1 fully saturated rings. The maximum atomic E-state index is 11.9. The van der Waals surface area contributed by atoms with Crippen LogP contribution in [0.25, 0.3) is 0 Å². The van der Waals surface area contributed by atoms with Gasteiger partial charge in [-0.3, -0.25) is 9.69 Å². The second-order valence-electron chi connectivity index (χ2n) is 5.36. The number of likely N-dealkylation sites (tertiary alicyclic amines) is 1. The smallest absolute Gasteiger partial charge is 0.238 e. The van der Waals surface area contributed by atoms with E-state index in [9.17, 15) is 4.79 Å². The van der Waals surface area contributed by atoms with Gasteiger partial charge in [0.25, 0.3) is 0 Å². The average molecular weight is 298 g/mol. The van der Waals surface area contributed by atoms with Gasteiger partial charge in [0, 0.05) is 12.2 Å². The van der Waals surface area contributed by atoms with Crippen molar-refractivity contribution in [3.05, 3.63) is 29.8 Å². The molecule has 4 nitrogen and oxygen atoms in total. The first kappa shape index (κ1) is 17.0. The Morgan fingerprint density at radius 2 is 2.05 bits per heavy atom. The number of halogens is 1. The SMILES string of the molecule is CNCC1CCN(CC(=O)Nc2ccc(C)cc2)C1.Cl. The van der Waals surface area contributed by atoms with E-state index in [2.05, 4.69) is 15.5 Å². The fraction of sp³-hybridized carbons (Fsp3) is 0.533. The van der Waals surface area contributed by atoms with Crippen LogP contribution in [0.1, 0.15) is 12.0 Å². The maximum absolute atomic E-state index is 11.9. The van der Waals surface area contributed by atoms with Gasteiger partial charge in [-0.15, -0.1) is 12.4 Å². The Balaban J connectivity index is 0.00000200. The van der Waals surface area contributed by atoms with Gasteiger partial charge < -0.3 is 10.6 Å². The van der Waals surface area contributed by atoms with Crippen LogP contribution < -0.4 is 10.6 Å². The van der Waals surface area contributed by atoms with Gasteiger partial charge in [-0.25, -0.2) is 0 Å². The third-order valence-electron chi connectivity index (χ3n) is 3.57. The van der Waals surface area contributed by atoms with Crippen molar-refractivity contribution in [2.75, 3.05) is 38.5 Å². The molecule has 1 aliphatic heterocycles. The molecular formula is C15H24ClN3O. The zero-order chi connectivity index (χ0) is 13.7. The van der Waals surface area contributed by atoms with Gasteiger partial charge in [-0.05, 0) is 51.5 Å². The summed E-state index contributed by atoms with van der Waals surface area (Å²) in [5.74, 6) is 0.756. The summed E-state index contributed by atoms with van der Waals surface area (Å²) >= 11 is 0. The fourth-order valence-corrected chi connectivity index (χ4v) is 2.55. The number of anilines is 1. The summed E-state index contributed by atoms with van der Waals surface area (Å²) in [6, 6.07) is 7.91. The Morgan fingerprint density at radius 1 is 1.35 bits per heavy atom. The third kappa shape index (κ3) is 5.12. The molecule has 20 heavy (non-hydrogen) atoms. The lowest BCUT2D eigenvalue weighted by Crippen LogP contribution is -2.32. The first-order valence-electron chi connectivity index (χ1n) is 6.91. The molecule has 1 amide bonds. The summed E-state index contributed by atoms with van der Waals surface area (Å²) in [5.41, 5.74) is 2.08. The van der Waals surface area contributed by atoms with Crippen LogP contribution in [0.3, 0.4) is 0 Å². The van der Waals surface area contributed by atoms with Crippen LogP contribution in [0.4, 0.5) is 5.69 Å². The number of carbonyl (C=O) groups excluding carboxylic acids is 1. The summed E-state index contributed by atoms with van der Waals surface area (Å²) in [6.45, 7) is 5.61. The molecule has 0 radical (unpaired) electrons. The Morgan fingerprint density at radius 3 is 2.70 bits per heavy atom. The minimum absolute atomic E-state index is 0. The van der Waals surface area contributed by atoms with Crippen molar-refractivity contribution in [2.45, 2.75) is 13.3 Å². The molecule has 1 aliphatic rings. The number of benzene rings is 1. The highest BCUT2D eigenvalue weighted by Gasteiger charge is 2.23. The highest BCUT2D eigenvalue weighted by Crippen LogP contribution is 2.15. The van der Waals surface area contributed by atoms with Crippen molar-refractivity contribution >= 4 is 24.0 Å². The molecule has 0 aliphatic carbocycles. The molecule has 0 aromatic heterocycles. The van der Waals surface area contributed by atoms with E-state index in [0.717, 1.165) is 25.3 Å². The van der Waals surface area contributed by atoms with E-state index in [-0.39, 0.29) is 18.3 Å². The number of amides is 1. The molecule has 0 bridgehead atoms. The van der Waals surface area contributed by atoms with Gasteiger partial charge in [0.15, 0.2) is 0 Å². The second-order valence-corrected chi connectivity index (χ2v) is 5.36. The molecule has 1 aromatic rings. The second kappa shape index (κ2) is 8.25. The van der Waals surface area contributed by atoms with Crippen LogP contribution in [0.5, 0.6) is 0 Å². The third-order valence-corrected chi connectivity index (χ3v) is 3.57. The Kier molecular flexibility index (Phi) is 6.99. The van der Waals surface area contributed by atoms with E-state index in [0.29, 0.717) is 12.5 Å². The zero-order valence-corrected chi connectivity index (χ0v) is 13.0. The standard InChI is InChI=1S/C15H23N3O.ClH/c1-12-3-5-14(6-4-12)17-15(19)11-18-8-7-13(10-18)9-16-2;/h3-6,13,16H,7-11H2,1-2H3,(H,17,19);1H. The van der Waals surface area contributed by atoms with E-state index >= 15 is 0 Å². The average Bonchev–Trinajstić information content (AvgIpc) is 2.80. The molecule has 1 saturated heterocycles. The molecule has 2 N–H and O–H groups in total. The molecule has 5 heteroatoms. The van der Waals surface area contributed by atoms with Crippen molar-refractivity contribution in [1.29, 1.82) is 0 Å². The predicted octanol–water partition coefficient (Wildman–Crippen LogP) is 1.90. The first-order chi connectivity index (χ1) is 9.17. The Bertz CT molecular complexity index is 422. The lowest BCUT2D eigenvalue weighted by molar-refractivity contribution is -0.117. The first-order valence-corrected chi connectivity index (χ1v) is 6.91. The van der Waals surface area contributed by atoms with Crippen LogP contribution in [-0.2, 0) is 4.79 Å². The van der Waals surface area contributed by atoms with Crippen LogP contribution in [0.2, 0.25) is 0 Å². The van der Waals surface area contributed by atoms with Crippen molar-refractivity contribution in [3.63, 3.8) is 0 Å². The predicted molar refractivity (Wildman–Crippen MR) is 85.5 cm³/mol. The molecule has 0 spiro atoms. The molecule has 112 valence electrons. The molecule has 1 heterocycles. The highest BCUT2D eigenvalue weighted by molar-refractivity contribution is 5.92. The van der Waals surface area contributed by atoms with E-state index in [4.69, 9.17) is 0 Å². The number of rotatable bonds is 5. The number of hydrogen-bond donors (Lipinski definition) is 2. The van der Waals surface area contributed by atoms with Crippen LogP contribution in [-0.4, -0.2) is 44.0 Å². The molecule has 1 unspecified atom stereocenters. The van der Waals surface area contributed by atoms with Gasteiger partial charge in [-0.1, -0.05) is 17.7 Å². The van der Waals surface area contributed by atoms with Crippen molar-refractivity contribution in [3.8, 4) is 0 Å². The van der Waals surface area contributed by atoms with E-state index in [1.54, 1.807) is 0 Å². The van der Waals surface area contributed by atoms with Crippen molar-refractivity contribution < 1.29 is 4.79 Å². The van der Waals surface area contributed by atoms with Gasteiger partial charge in [0.05, 0.1) is 6.54 Å². The highest BCUT2D eigenvalue weighted by atomic mass is 35.5. The molecule has 1 aromatic carbocycles. The van der Waals surface area contributed by atoms with Gasteiger partial charge >= 0.3 is 0 Å². The number of nitrogens with zero attached hydrogens (tertiary/aromatic N) is 1. The van der Waals surface area contributed by atoms with Gasteiger partial charge in [0.2, 0.25) is 5.91 Å². The molecule has 2 rings (SSSR count). The summed E-state index contributed by atoms with van der Waals surface area (Å²) < 4.78 is 0. The lowest BCUT2D eigenvalue weighted by atomic mass is 10.1. The summed E-state index contributed by atoms with van der Waals surface area (Å²) in [7, 11) is 1.98. The zero-order valence-electron chi connectivity index (χ0n) is 12.2. The number of carbonyl (C=O) groups is 1. The lowest BCUT2D eigenvalue weighted by Gasteiger charge is -2.15. The number of nitrogens with one attached hydrogen (secondary N) is 2. The van der Waals surface area contributed by atoms with E-state index in [1.807, 2.05) is 38.2 Å². The Labute approximate surface area is 127 Å². The van der Waals surface area contributed by atoms with Crippen molar-refractivity contribution in [2.24, 2.45) is 5.92 Å². The van der Waals surface area contributed by atoms with Gasteiger partial charge in [-0.2, -0.15) is 0 Å². The van der Waals surface area contributed by atoms with Gasteiger partial charge in [0.1, 0.15) is 0 Å². The molecular weight excluding hydrogens is 274 g/mol. The van der Waals surface area contributed by atoms with E-state index in [1.165, 1.54) is 12.0 Å². The Hall–Kier alpha value is -1.10. The largest absolute Gasteiger partial charge is 0.325 e. The molecule has 0 saturated carbocycles. The minimum Gasteiger partial charge on any atom is -0.325 e. The van der Waals surface area contributed by atoms with Crippen LogP contribution in [0, 0.1) is 12.8 Å². The topological polar surface area (TPSA) is 44.4 Å². The number of aryl methyl sites for hydroxylation is 1. The number of hydrogen-bond acceptors (Lipinski definition) is 3. The molecule has 1 atom stereocenters. The van der Waals surface area contributed by atoms with Crippen molar-refractivity contribution in [1.82, 2.24) is 10.2 Å². The summed E-state index contributed by atoms with van der Waals surface area (Å²) in [5, 5.41) is 6.15. The summed E-state index contributed by atoms with van der Waals surface area (Å²) in [4.78, 5) is 14.2. The monoisotopic (exact) mass is 297 g/mol. The quantitative estimate of drug-likeness (QED) is 0.872. The van der Waals surface area contributed by atoms with Crippen LogP contribution in [0.15, 0.2) is 24.3 Å². The van der Waals surface area contributed by atoms with E-state index < -0.39 is 0 Å². The normalized spacial score (nSPS) is 18.6. The summed E-state index contributed by atoms with van der Waals surface area (Å²) in [6.07, 6.45) is 1.18. The minimum atomic E-state index is 0. The fourth-order valence-electron chi connectivity index (χ4n) is 2.55. The van der Waals surface area contributed by atoms with Crippen LogP contribution >= 0.6 is 12.4 Å². The maximum Gasteiger partial charge on any atom is 0.238 e.